The van der Waals surface area contributed by atoms with E-state index < -0.39 is 0 Å². The van der Waals surface area contributed by atoms with Gasteiger partial charge in [-0.25, -0.2) is 4.98 Å². The van der Waals surface area contributed by atoms with Crippen molar-refractivity contribution >= 4 is 5.91 Å². The fraction of sp³-hybridized carbons (Fsp3) is 0.346. The van der Waals surface area contributed by atoms with Gasteiger partial charge in [0.1, 0.15) is 0 Å². The van der Waals surface area contributed by atoms with Gasteiger partial charge in [-0.05, 0) is 49.4 Å². The normalized spacial score (nSPS) is 15.3. The SMILES string of the molecule is Cc1ccccc1CC1(CO)CCN(C(=O)c2cccc(C#N)c2Cn2ccnc2)CC1. The van der Waals surface area contributed by atoms with Gasteiger partial charge in [-0.3, -0.25) is 4.79 Å². The summed E-state index contributed by atoms with van der Waals surface area (Å²) in [5.41, 5.74) is 4.06. The van der Waals surface area contributed by atoms with Gasteiger partial charge in [0.2, 0.25) is 0 Å². The number of hydrogen-bond donors (Lipinski definition) is 1. The summed E-state index contributed by atoms with van der Waals surface area (Å²) in [4.78, 5) is 19.4. The number of piperidine rings is 1. The maximum Gasteiger partial charge on any atom is 0.254 e. The Labute approximate surface area is 188 Å². The number of imidazole rings is 1. The molecule has 0 saturated carbocycles. The van der Waals surface area contributed by atoms with Crippen molar-refractivity contribution in [3.63, 3.8) is 0 Å². The van der Waals surface area contributed by atoms with E-state index in [1.807, 2.05) is 27.8 Å². The second kappa shape index (κ2) is 9.37. The number of amides is 1. The average Bonchev–Trinajstić information content (AvgIpc) is 3.34. The van der Waals surface area contributed by atoms with Crippen LogP contribution in [-0.2, 0) is 13.0 Å². The van der Waals surface area contributed by atoms with Crippen molar-refractivity contribution in [3.05, 3.63) is 89.0 Å². The highest BCUT2D eigenvalue weighted by atomic mass is 16.3. The molecule has 1 saturated heterocycles. The molecule has 3 aromatic rings. The van der Waals surface area contributed by atoms with Crippen LogP contribution in [0.15, 0.2) is 61.2 Å². The van der Waals surface area contributed by atoms with Crippen LogP contribution in [-0.4, -0.2) is 45.2 Å². The fourth-order valence-electron chi connectivity index (χ4n) is 4.58. The van der Waals surface area contributed by atoms with E-state index in [9.17, 15) is 15.2 Å². The molecular weight excluding hydrogens is 400 g/mol. The third kappa shape index (κ3) is 4.44. The van der Waals surface area contributed by atoms with Crippen molar-refractivity contribution in [2.75, 3.05) is 19.7 Å². The second-order valence-corrected chi connectivity index (χ2v) is 8.73. The van der Waals surface area contributed by atoms with Gasteiger partial charge in [0, 0.05) is 48.6 Å². The zero-order valence-electron chi connectivity index (χ0n) is 18.4. The molecule has 1 aromatic heterocycles. The van der Waals surface area contributed by atoms with Crippen molar-refractivity contribution in [1.29, 1.82) is 5.26 Å². The molecule has 1 aliphatic rings. The Kier molecular flexibility index (Phi) is 6.38. The minimum Gasteiger partial charge on any atom is -0.396 e. The van der Waals surface area contributed by atoms with Gasteiger partial charge in [-0.2, -0.15) is 5.26 Å². The van der Waals surface area contributed by atoms with E-state index in [-0.39, 0.29) is 17.9 Å². The van der Waals surface area contributed by atoms with Gasteiger partial charge in [0.25, 0.3) is 5.91 Å². The minimum atomic E-state index is -0.211. The molecule has 0 spiro atoms. The Morgan fingerprint density at radius 1 is 1.19 bits per heavy atom. The summed E-state index contributed by atoms with van der Waals surface area (Å²) in [5, 5.41) is 19.8. The van der Waals surface area contributed by atoms with Crippen molar-refractivity contribution in [1.82, 2.24) is 14.5 Å². The molecule has 2 heterocycles. The number of hydrogen-bond acceptors (Lipinski definition) is 4. The van der Waals surface area contributed by atoms with Crippen LogP contribution in [0.4, 0.5) is 0 Å². The highest BCUT2D eigenvalue weighted by Gasteiger charge is 2.36. The quantitative estimate of drug-likeness (QED) is 0.651. The molecule has 0 aliphatic carbocycles. The molecule has 6 heteroatoms. The fourth-order valence-corrected chi connectivity index (χ4v) is 4.58. The number of likely N-dealkylation sites (tertiary alicyclic amines) is 1. The van der Waals surface area contributed by atoms with Crippen LogP contribution in [0, 0.1) is 23.7 Å². The molecule has 0 bridgehead atoms. The summed E-state index contributed by atoms with van der Waals surface area (Å²) in [5.74, 6) is -0.0559. The molecule has 0 radical (unpaired) electrons. The van der Waals surface area contributed by atoms with Crippen LogP contribution in [0.3, 0.4) is 0 Å². The Balaban J connectivity index is 1.52. The molecule has 32 heavy (non-hydrogen) atoms. The Hall–Kier alpha value is -3.43. The molecule has 2 aromatic carbocycles. The van der Waals surface area contributed by atoms with Crippen LogP contribution in [0.5, 0.6) is 0 Å². The van der Waals surface area contributed by atoms with E-state index >= 15 is 0 Å². The summed E-state index contributed by atoms with van der Waals surface area (Å²) < 4.78 is 1.86. The maximum atomic E-state index is 13.5. The number of nitrogens with zero attached hydrogens (tertiary/aromatic N) is 4. The number of carbonyl (C=O) groups is 1. The molecule has 4 rings (SSSR count). The molecule has 0 unspecified atom stereocenters. The molecule has 6 nitrogen and oxygen atoms in total. The minimum absolute atomic E-state index is 0.0559. The van der Waals surface area contributed by atoms with Crippen molar-refractivity contribution in [2.45, 2.75) is 32.7 Å². The number of rotatable bonds is 6. The standard InChI is InChI=1S/C26H28N4O2/c1-20-5-2-3-6-21(20)15-26(18-31)9-12-30(13-10-26)25(32)23-8-4-7-22(16-27)24(23)17-29-14-11-28-19-29/h2-8,11,14,19,31H,9-10,12-13,15,17-18H2,1H3. The summed E-state index contributed by atoms with van der Waals surface area (Å²) in [6, 6.07) is 15.8. The molecule has 1 fully saturated rings. The largest absolute Gasteiger partial charge is 0.396 e. The lowest BCUT2D eigenvalue weighted by Gasteiger charge is -2.41. The summed E-state index contributed by atoms with van der Waals surface area (Å²) >= 11 is 0. The zero-order chi connectivity index (χ0) is 22.6. The van der Waals surface area contributed by atoms with Gasteiger partial charge in [0.15, 0.2) is 0 Å². The second-order valence-electron chi connectivity index (χ2n) is 8.73. The number of aliphatic hydroxyl groups is 1. The van der Waals surface area contributed by atoms with Crippen LogP contribution >= 0.6 is 0 Å². The molecule has 164 valence electrons. The van der Waals surface area contributed by atoms with Crippen LogP contribution in [0.1, 0.15) is 45.5 Å². The van der Waals surface area contributed by atoms with E-state index in [1.165, 1.54) is 11.1 Å². The number of aliphatic hydroxyl groups excluding tert-OH is 1. The Morgan fingerprint density at radius 3 is 2.62 bits per heavy atom. The van der Waals surface area contributed by atoms with E-state index in [0.29, 0.717) is 30.8 Å². The first kappa shape index (κ1) is 21.8. The predicted octanol–water partition coefficient (Wildman–Crippen LogP) is 3.57. The number of benzene rings is 2. The Morgan fingerprint density at radius 2 is 1.97 bits per heavy atom. The first-order valence-electron chi connectivity index (χ1n) is 11.0. The number of aromatic nitrogens is 2. The monoisotopic (exact) mass is 428 g/mol. The first-order valence-corrected chi connectivity index (χ1v) is 11.0. The number of aryl methyl sites for hydroxylation is 1. The molecule has 0 atom stereocenters. The smallest absolute Gasteiger partial charge is 0.254 e. The molecule has 1 aliphatic heterocycles. The van der Waals surface area contributed by atoms with Crippen molar-refractivity contribution < 1.29 is 9.90 Å². The number of nitriles is 1. The molecular formula is C26H28N4O2. The van der Waals surface area contributed by atoms with Gasteiger partial charge < -0.3 is 14.6 Å². The van der Waals surface area contributed by atoms with Gasteiger partial charge in [-0.15, -0.1) is 0 Å². The number of carbonyl (C=O) groups excluding carboxylic acids is 1. The van der Waals surface area contributed by atoms with Crippen LogP contribution in [0.2, 0.25) is 0 Å². The first-order chi connectivity index (χ1) is 15.5. The summed E-state index contributed by atoms with van der Waals surface area (Å²) in [7, 11) is 0. The van der Waals surface area contributed by atoms with Crippen molar-refractivity contribution in [3.8, 4) is 6.07 Å². The maximum absolute atomic E-state index is 13.5. The topological polar surface area (TPSA) is 82.1 Å². The predicted molar refractivity (Wildman–Crippen MR) is 122 cm³/mol. The molecule has 1 amide bonds. The summed E-state index contributed by atoms with van der Waals surface area (Å²) in [6.45, 7) is 3.81. The average molecular weight is 429 g/mol. The van der Waals surface area contributed by atoms with E-state index in [0.717, 1.165) is 24.8 Å². The van der Waals surface area contributed by atoms with E-state index in [4.69, 9.17) is 0 Å². The van der Waals surface area contributed by atoms with E-state index in [2.05, 4.69) is 30.1 Å². The van der Waals surface area contributed by atoms with Gasteiger partial charge in [-0.1, -0.05) is 30.3 Å². The van der Waals surface area contributed by atoms with Crippen LogP contribution < -0.4 is 0 Å². The summed E-state index contributed by atoms with van der Waals surface area (Å²) in [6.07, 6.45) is 7.50. The highest BCUT2D eigenvalue weighted by Crippen LogP contribution is 2.36. The van der Waals surface area contributed by atoms with E-state index in [1.54, 1.807) is 30.7 Å². The Bertz CT molecular complexity index is 1120. The zero-order valence-corrected chi connectivity index (χ0v) is 18.4. The van der Waals surface area contributed by atoms with Gasteiger partial charge in [0.05, 0.1) is 24.5 Å². The lowest BCUT2D eigenvalue weighted by atomic mass is 9.73. The van der Waals surface area contributed by atoms with Gasteiger partial charge >= 0.3 is 0 Å². The molecule has 1 N–H and O–H groups in total. The third-order valence-corrected chi connectivity index (χ3v) is 6.70. The highest BCUT2D eigenvalue weighted by molar-refractivity contribution is 5.96. The lowest BCUT2D eigenvalue weighted by molar-refractivity contribution is 0.0357. The third-order valence-electron chi connectivity index (χ3n) is 6.70. The van der Waals surface area contributed by atoms with Crippen LogP contribution in [0.25, 0.3) is 0 Å². The van der Waals surface area contributed by atoms with Crippen molar-refractivity contribution in [2.24, 2.45) is 5.41 Å². The lowest BCUT2D eigenvalue weighted by Crippen LogP contribution is -2.46.